The number of aromatic nitrogens is 1. The number of Topliss-reactive ketones (excluding diaryl/α,β-unsaturated/α-hetero) is 1. The number of hydrogen-bond donors (Lipinski definition) is 1. The van der Waals surface area contributed by atoms with Gasteiger partial charge in [-0.1, -0.05) is 0 Å². The van der Waals surface area contributed by atoms with Crippen LogP contribution in [-0.4, -0.2) is 28.5 Å². The van der Waals surface area contributed by atoms with Crippen molar-refractivity contribution >= 4 is 11.8 Å². The number of hydrogen-bond acceptors (Lipinski definition) is 3. The van der Waals surface area contributed by atoms with Crippen molar-refractivity contribution in [2.75, 3.05) is 7.11 Å². The zero-order valence-electron chi connectivity index (χ0n) is 9.90. The number of rotatable bonds is 3. The molecule has 0 saturated carbocycles. The van der Waals surface area contributed by atoms with Crippen LogP contribution in [0.2, 0.25) is 0 Å². The van der Waals surface area contributed by atoms with Gasteiger partial charge in [0, 0.05) is 26.0 Å². The lowest BCUT2D eigenvalue weighted by Gasteiger charge is -2.23. The van der Waals surface area contributed by atoms with Crippen molar-refractivity contribution in [3.05, 3.63) is 17.5 Å². The lowest BCUT2D eigenvalue weighted by atomic mass is 9.96. The first-order valence-corrected chi connectivity index (χ1v) is 5.54. The average Bonchev–Trinajstić information content (AvgIpc) is 2.66. The van der Waals surface area contributed by atoms with Gasteiger partial charge in [0.2, 0.25) is 0 Å². The third kappa shape index (κ3) is 1.92. The third-order valence-electron chi connectivity index (χ3n) is 3.24. The molecule has 0 fully saturated rings. The van der Waals surface area contributed by atoms with Crippen LogP contribution in [0.1, 0.15) is 29.5 Å². The summed E-state index contributed by atoms with van der Waals surface area (Å²) in [6, 6.07) is 1.70. The normalized spacial score (nSPS) is 18.6. The van der Waals surface area contributed by atoms with Crippen molar-refractivity contribution in [3.8, 4) is 5.75 Å². The Morgan fingerprint density at radius 1 is 1.53 bits per heavy atom. The number of nitrogens with zero attached hydrogens (tertiary/aromatic N) is 1. The third-order valence-corrected chi connectivity index (χ3v) is 3.24. The summed E-state index contributed by atoms with van der Waals surface area (Å²) in [4.78, 5) is 22.5. The summed E-state index contributed by atoms with van der Waals surface area (Å²) in [5, 5.41) is 9.03. The molecular weight excluding hydrogens is 222 g/mol. The highest BCUT2D eigenvalue weighted by Gasteiger charge is 2.29. The highest BCUT2D eigenvalue weighted by molar-refractivity contribution is 5.93. The molecule has 0 bridgehead atoms. The molecule has 0 aromatic carbocycles. The zero-order chi connectivity index (χ0) is 12.6. The van der Waals surface area contributed by atoms with Crippen LogP contribution in [-0.2, 0) is 17.8 Å². The molecule has 2 rings (SSSR count). The van der Waals surface area contributed by atoms with Gasteiger partial charge in [0.25, 0.3) is 0 Å². The number of carboxylic acids is 1. The summed E-state index contributed by atoms with van der Waals surface area (Å²) in [5.41, 5.74) is 1.41. The number of methoxy groups -OCH3 is 1. The van der Waals surface area contributed by atoms with E-state index < -0.39 is 5.97 Å². The molecule has 0 radical (unpaired) electrons. The zero-order valence-corrected chi connectivity index (χ0v) is 9.90. The molecule has 1 aromatic rings. The van der Waals surface area contributed by atoms with E-state index in [1.807, 2.05) is 4.57 Å². The quantitative estimate of drug-likeness (QED) is 0.805. The largest absolute Gasteiger partial charge is 0.495 e. The van der Waals surface area contributed by atoms with E-state index in [4.69, 9.17) is 9.84 Å². The Morgan fingerprint density at radius 2 is 2.24 bits per heavy atom. The molecule has 2 heterocycles. The Hall–Kier alpha value is -1.78. The summed E-state index contributed by atoms with van der Waals surface area (Å²) in [7, 11) is 1.53. The van der Waals surface area contributed by atoms with Gasteiger partial charge in [-0.25, -0.2) is 0 Å². The van der Waals surface area contributed by atoms with Crippen molar-refractivity contribution in [2.24, 2.45) is 5.92 Å². The van der Waals surface area contributed by atoms with E-state index in [0.717, 1.165) is 5.69 Å². The van der Waals surface area contributed by atoms with Gasteiger partial charge in [-0.2, -0.15) is 0 Å². The van der Waals surface area contributed by atoms with Gasteiger partial charge in [-0.3, -0.25) is 9.59 Å². The second-order valence-corrected chi connectivity index (χ2v) is 4.28. The van der Waals surface area contributed by atoms with E-state index in [2.05, 4.69) is 0 Å². The van der Waals surface area contributed by atoms with Gasteiger partial charge in [0.05, 0.1) is 24.4 Å². The van der Waals surface area contributed by atoms with E-state index in [0.29, 0.717) is 30.8 Å². The predicted octanol–water partition coefficient (Wildman–Crippen LogP) is 1.35. The second kappa shape index (κ2) is 4.24. The minimum absolute atomic E-state index is 0.0247. The number of fused-ring (bicyclic) bond motifs is 1. The van der Waals surface area contributed by atoms with Crippen molar-refractivity contribution in [1.82, 2.24) is 4.57 Å². The van der Waals surface area contributed by atoms with Gasteiger partial charge in [0.1, 0.15) is 5.75 Å². The van der Waals surface area contributed by atoms with Crippen molar-refractivity contribution in [2.45, 2.75) is 26.3 Å². The molecule has 1 aliphatic rings. The SMILES string of the molecule is COc1cc(C(C)=O)n2c1CC(C(=O)O)CC2. The van der Waals surface area contributed by atoms with Crippen LogP contribution < -0.4 is 4.74 Å². The molecule has 5 nitrogen and oxygen atoms in total. The van der Waals surface area contributed by atoms with Crippen LogP contribution in [0.25, 0.3) is 0 Å². The van der Waals surface area contributed by atoms with Gasteiger partial charge >= 0.3 is 5.97 Å². The number of aliphatic carboxylic acids is 1. The highest BCUT2D eigenvalue weighted by Crippen LogP contribution is 2.32. The average molecular weight is 237 g/mol. The fourth-order valence-corrected chi connectivity index (χ4v) is 2.33. The molecule has 92 valence electrons. The number of carbonyl (C=O) groups is 2. The van der Waals surface area contributed by atoms with E-state index in [-0.39, 0.29) is 11.7 Å². The highest BCUT2D eigenvalue weighted by atomic mass is 16.5. The van der Waals surface area contributed by atoms with E-state index in [1.165, 1.54) is 14.0 Å². The molecule has 1 N–H and O–H groups in total. The standard InChI is InChI=1S/C12H15NO4/c1-7(14)9-6-11(17-2)10-5-8(12(15)16)3-4-13(9)10/h6,8H,3-5H2,1-2H3,(H,15,16). The number of ether oxygens (including phenoxy) is 1. The Balaban J connectivity index is 2.43. The number of ketones is 1. The molecule has 1 aromatic heterocycles. The topological polar surface area (TPSA) is 68.5 Å². The smallest absolute Gasteiger partial charge is 0.306 e. The molecular formula is C12H15NO4. The Morgan fingerprint density at radius 3 is 2.76 bits per heavy atom. The first-order valence-electron chi connectivity index (χ1n) is 5.54. The van der Waals surface area contributed by atoms with Crippen molar-refractivity contribution < 1.29 is 19.4 Å². The molecule has 1 atom stereocenters. The predicted molar refractivity (Wildman–Crippen MR) is 60.4 cm³/mol. The van der Waals surface area contributed by atoms with Crippen LogP contribution in [0.15, 0.2) is 6.07 Å². The maximum absolute atomic E-state index is 11.5. The molecule has 0 amide bonds. The van der Waals surface area contributed by atoms with Crippen LogP contribution >= 0.6 is 0 Å². The van der Waals surface area contributed by atoms with Crippen molar-refractivity contribution in [1.29, 1.82) is 0 Å². The van der Waals surface area contributed by atoms with Crippen LogP contribution in [0.4, 0.5) is 0 Å². The van der Waals surface area contributed by atoms with Gasteiger partial charge < -0.3 is 14.4 Å². The van der Waals surface area contributed by atoms with Crippen LogP contribution in [0, 0.1) is 5.92 Å². The molecule has 0 saturated heterocycles. The Labute approximate surface area is 99.0 Å². The lowest BCUT2D eigenvalue weighted by Crippen LogP contribution is -2.26. The minimum atomic E-state index is -0.788. The second-order valence-electron chi connectivity index (χ2n) is 4.28. The molecule has 17 heavy (non-hydrogen) atoms. The molecule has 0 aliphatic carbocycles. The lowest BCUT2D eigenvalue weighted by molar-refractivity contribution is -0.142. The molecule has 5 heteroatoms. The number of carbonyl (C=O) groups excluding carboxylic acids is 1. The summed E-state index contributed by atoms with van der Waals surface area (Å²) >= 11 is 0. The fourth-order valence-electron chi connectivity index (χ4n) is 2.33. The Kier molecular flexibility index (Phi) is 2.92. The fraction of sp³-hybridized carbons (Fsp3) is 0.500. The van der Waals surface area contributed by atoms with E-state index >= 15 is 0 Å². The summed E-state index contributed by atoms with van der Waals surface area (Å²) in [5.74, 6) is -0.584. The van der Waals surface area contributed by atoms with Crippen molar-refractivity contribution in [3.63, 3.8) is 0 Å². The first-order chi connectivity index (χ1) is 8.04. The Bertz CT molecular complexity index is 475. The maximum Gasteiger partial charge on any atom is 0.306 e. The van der Waals surface area contributed by atoms with Gasteiger partial charge in [-0.15, -0.1) is 0 Å². The van der Waals surface area contributed by atoms with E-state index in [9.17, 15) is 9.59 Å². The van der Waals surface area contributed by atoms with E-state index in [1.54, 1.807) is 6.07 Å². The summed E-state index contributed by atoms with van der Waals surface area (Å²) in [6.07, 6.45) is 0.978. The van der Waals surface area contributed by atoms with Crippen LogP contribution in [0.3, 0.4) is 0 Å². The van der Waals surface area contributed by atoms with Gasteiger partial charge in [-0.05, 0) is 6.42 Å². The number of carboxylic acid groups (broad SMARTS) is 1. The monoisotopic (exact) mass is 237 g/mol. The maximum atomic E-state index is 11.5. The molecule has 1 aliphatic heterocycles. The van der Waals surface area contributed by atoms with Gasteiger partial charge in [0.15, 0.2) is 5.78 Å². The molecule has 0 spiro atoms. The summed E-state index contributed by atoms with van der Waals surface area (Å²) < 4.78 is 7.08. The minimum Gasteiger partial charge on any atom is -0.495 e. The molecule has 1 unspecified atom stereocenters. The van der Waals surface area contributed by atoms with Crippen LogP contribution in [0.5, 0.6) is 5.75 Å². The summed E-state index contributed by atoms with van der Waals surface area (Å²) in [6.45, 7) is 2.07. The first kappa shape index (κ1) is 11.7.